The monoisotopic (exact) mass is 258 g/mol. The van der Waals surface area contributed by atoms with Gasteiger partial charge in [-0.25, -0.2) is 0 Å². The van der Waals surface area contributed by atoms with Crippen molar-refractivity contribution in [3.8, 4) is 11.3 Å². The Kier molecular flexibility index (Phi) is 2.63. The Balaban J connectivity index is 2.13. The largest absolute Gasteiger partial charge is 0.360 e. The van der Waals surface area contributed by atoms with Crippen molar-refractivity contribution < 1.29 is 14.2 Å². The van der Waals surface area contributed by atoms with Crippen molar-refractivity contribution in [2.75, 3.05) is 0 Å². The average Bonchev–Trinajstić information content (AvgIpc) is 2.84. The average molecular weight is 258 g/mol. The first-order valence-electron chi connectivity index (χ1n) is 5.93. The fourth-order valence-corrected chi connectivity index (χ4v) is 2.28. The quantitative estimate of drug-likeness (QED) is 0.610. The second-order valence-electron chi connectivity index (χ2n) is 4.41. The minimum Gasteiger partial charge on any atom is -0.360 e. The van der Waals surface area contributed by atoms with E-state index >= 15 is 0 Å². The molecular formula is C13H10N2O4. The number of hydrogen-bond donors (Lipinski definition) is 0. The summed E-state index contributed by atoms with van der Waals surface area (Å²) in [5, 5.41) is 14.7. The number of rotatable bonds is 2. The summed E-state index contributed by atoms with van der Waals surface area (Å²) >= 11 is 0. The molecule has 6 heteroatoms. The van der Waals surface area contributed by atoms with Crippen LogP contribution in [0.5, 0.6) is 0 Å². The molecule has 2 aromatic rings. The summed E-state index contributed by atoms with van der Waals surface area (Å²) < 4.78 is 5.17. The van der Waals surface area contributed by atoms with Gasteiger partial charge in [0.15, 0.2) is 5.78 Å². The van der Waals surface area contributed by atoms with E-state index < -0.39 is 4.92 Å². The third-order valence-corrected chi connectivity index (χ3v) is 3.18. The summed E-state index contributed by atoms with van der Waals surface area (Å²) in [7, 11) is 0. The van der Waals surface area contributed by atoms with Crippen molar-refractivity contribution in [2.45, 2.75) is 19.3 Å². The summed E-state index contributed by atoms with van der Waals surface area (Å²) in [4.78, 5) is 22.2. The lowest BCUT2D eigenvalue weighted by Crippen LogP contribution is -2.09. The minimum absolute atomic E-state index is 0.0102. The van der Waals surface area contributed by atoms with E-state index in [-0.39, 0.29) is 11.5 Å². The van der Waals surface area contributed by atoms with E-state index in [1.54, 1.807) is 12.1 Å². The normalized spacial score (nSPS) is 14.2. The van der Waals surface area contributed by atoms with Gasteiger partial charge in [0.1, 0.15) is 11.5 Å². The van der Waals surface area contributed by atoms with Crippen LogP contribution in [0.15, 0.2) is 28.8 Å². The molecule has 0 atom stereocenters. The topological polar surface area (TPSA) is 86.2 Å². The second kappa shape index (κ2) is 4.31. The summed E-state index contributed by atoms with van der Waals surface area (Å²) in [5.41, 5.74) is 1.39. The molecule has 96 valence electrons. The van der Waals surface area contributed by atoms with Crippen LogP contribution in [0.1, 0.15) is 29.0 Å². The number of nitro benzene ring substituents is 1. The maximum atomic E-state index is 11.9. The number of aryl methyl sites for hydroxylation is 1. The van der Waals surface area contributed by atoms with Crippen LogP contribution >= 0.6 is 0 Å². The van der Waals surface area contributed by atoms with Crippen molar-refractivity contribution in [1.29, 1.82) is 0 Å². The molecule has 1 aliphatic carbocycles. The third kappa shape index (κ3) is 1.91. The van der Waals surface area contributed by atoms with Crippen molar-refractivity contribution in [3.63, 3.8) is 0 Å². The Labute approximate surface area is 108 Å². The van der Waals surface area contributed by atoms with Gasteiger partial charge in [0.2, 0.25) is 0 Å². The van der Waals surface area contributed by atoms with Crippen LogP contribution in [0.25, 0.3) is 11.3 Å². The zero-order valence-electron chi connectivity index (χ0n) is 9.96. The number of carbonyl (C=O) groups is 1. The van der Waals surface area contributed by atoms with Gasteiger partial charge in [-0.2, -0.15) is 0 Å². The van der Waals surface area contributed by atoms with E-state index in [0.29, 0.717) is 35.4 Å². The van der Waals surface area contributed by atoms with Crippen LogP contribution in [0.2, 0.25) is 0 Å². The van der Waals surface area contributed by atoms with Gasteiger partial charge in [-0.3, -0.25) is 14.9 Å². The molecule has 0 bridgehead atoms. The standard InChI is InChI=1S/C13H10N2O4/c16-10-5-2-6-11-12(10)13(14-19-11)8-3-1-4-9(7-8)15(17)18/h1,3-4,7H,2,5-6H2. The molecule has 1 aromatic heterocycles. The highest BCUT2D eigenvalue weighted by molar-refractivity contribution is 6.03. The minimum atomic E-state index is -0.474. The molecule has 1 aliphatic rings. The Morgan fingerprint density at radius 3 is 2.95 bits per heavy atom. The van der Waals surface area contributed by atoms with Crippen molar-refractivity contribution in [1.82, 2.24) is 5.16 Å². The molecule has 0 saturated heterocycles. The van der Waals surface area contributed by atoms with Crippen LogP contribution in [0, 0.1) is 10.1 Å². The van der Waals surface area contributed by atoms with Crippen molar-refractivity contribution >= 4 is 11.5 Å². The second-order valence-corrected chi connectivity index (χ2v) is 4.41. The SMILES string of the molecule is O=C1CCCc2onc(-c3cccc([N+](=O)[O-])c3)c21. The molecule has 0 N–H and O–H groups in total. The van der Waals surface area contributed by atoms with E-state index in [9.17, 15) is 14.9 Å². The van der Waals surface area contributed by atoms with Crippen LogP contribution in [0.3, 0.4) is 0 Å². The van der Waals surface area contributed by atoms with E-state index in [2.05, 4.69) is 5.16 Å². The maximum absolute atomic E-state index is 11.9. The molecule has 0 fully saturated rings. The molecule has 0 unspecified atom stereocenters. The summed E-state index contributed by atoms with van der Waals surface area (Å²) in [6, 6.07) is 6.06. The van der Waals surface area contributed by atoms with Crippen LogP contribution in [-0.4, -0.2) is 15.9 Å². The third-order valence-electron chi connectivity index (χ3n) is 3.18. The summed E-state index contributed by atoms with van der Waals surface area (Å²) in [6.07, 6.45) is 1.91. The van der Waals surface area contributed by atoms with Gasteiger partial charge >= 0.3 is 0 Å². The predicted molar refractivity (Wildman–Crippen MR) is 65.9 cm³/mol. The highest BCUT2D eigenvalue weighted by Gasteiger charge is 2.27. The highest BCUT2D eigenvalue weighted by atomic mass is 16.6. The number of ketones is 1. The van der Waals surface area contributed by atoms with E-state index in [0.717, 1.165) is 6.42 Å². The number of fused-ring (bicyclic) bond motifs is 1. The Bertz CT molecular complexity index is 675. The maximum Gasteiger partial charge on any atom is 0.270 e. The number of carbonyl (C=O) groups excluding carboxylic acids is 1. The van der Waals surface area contributed by atoms with Gasteiger partial charge in [0, 0.05) is 30.5 Å². The number of nitrogens with zero attached hydrogens (tertiary/aromatic N) is 2. The number of hydrogen-bond acceptors (Lipinski definition) is 5. The van der Waals surface area contributed by atoms with Gasteiger partial charge in [-0.1, -0.05) is 17.3 Å². The molecular weight excluding hydrogens is 248 g/mol. The number of non-ortho nitro benzene ring substituents is 1. The van der Waals surface area contributed by atoms with Crippen LogP contribution in [0.4, 0.5) is 5.69 Å². The molecule has 6 nitrogen and oxygen atoms in total. The van der Waals surface area contributed by atoms with E-state index in [4.69, 9.17) is 4.52 Å². The molecule has 19 heavy (non-hydrogen) atoms. The number of aromatic nitrogens is 1. The van der Waals surface area contributed by atoms with Crippen LogP contribution < -0.4 is 0 Å². The number of nitro groups is 1. The van der Waals surface area contributed by atoms with E-state index in [1.165, 1.54) is 12.1 Å². The zero-order valence-corrected chi connectivity index (χ0v) is 9.96. The smallest absolute Gasteiger partial charge is 0.270 e. The first-order valence-corrected chi connectivity index (χ1v) is 5.93. The fraction of sp³-hybridized carbons (Fsp3) is 0.231. The van der Waals surface area contributed by atoms with E-state index in [1.807, 2.05) is 0 Å². The lowest BCUT2D eigenvalue weighted by atomic mass is 9.93. The first-order chi connectivity index (χ1) is 9.16. The van der Waals surface area contributed by atoms with Crippen LogP contribution in [-0.2, 0) is 6.42 Å². The van der Waals surface area contributed by atoms with Crippen molar-refractivity contribution in [2.24, 2.45) is 0 Å². The lowest BCUT2D eigenvalue weighted by Gasteiger charge is -2.08. The van der Waals surface area contributed by atoms with Gasteiger partial charge < -0.3 is 4.52 Å². The van der Waals surface area contributed by atoms with Gasteiger partial charge in [-0.15, -0.1) is 0 Å². The van der Waals surface area contributed by atoms with Crippen molar-refractivity contribution in [3.05, 3.63) is 45.7 Å². The molecule has 1 aromatic carbocycles. The Morgan fingerprint density at radius 1 is 1.32 bits per heavy atom. The van der Waals surface area contributed by atoms with Gasteiger partial charge in [0.05, 0.1) is 10.5 Å². The van der Waals surface area contributed by atoms with Gasteiger partial charge in [-0.05, 0) is 6.42 Å². The predicted octanol–water partition coefficient (Wildman–Crippen LogP) is 2.77. The molecule has 0 radical (unpaired) electrons. The highest BCUT2D eigenvalue weighted by Crippen LogP contribution is 2.32. The molecule has 3 rings (SSSR count). The summed E-state index contributed by atoms with van der Waals surface area (Å²) in [6.45, 7) is 0. The number of Topliss-reactive ketones (excluding diaryl/α,β-unsaturated/α-hetero) is 1. The molecule has 0 saturated carbocycles. The molecule has 1 heterocycles. The molecule has 0 spiro atoms. The Hall–Kier alpha value is -2.50. The molecule has 0 aliphatic heterocycles. The summed E-state index contributed by atoms with van der Waals surface area (Å²) in [5.74, 6) is 0.571. The van der Waals surface area contributed by atoms with Gasteiger partial charge in [0.25, 0.3) is 5.69 Å². The fourth-order valence-electron chi connectivity index (χ4n) is 2.28. The lowest BCUT2D eigenvalue weighted by molar-refractivity contribution is -0.384. The molecule has 0 amide bonds. The zero-order chi connectivity index (χ0) is 13.4. The Morgan fingerprint density at radius 2 is 2.16 bits per heavy atom. The first kappa shape index (κ1) is 11.6. The number of benzene rings is 1.